The average Bonchev–Trinajstić information content (AvgIpc) is 2.44. The molecule has 1 aromatic rings. The van der Waals surface area contributed by atoms with E-state index in [0.29, 0.717) is 12.2 Å². The maximum atomic E-state index is 11.0. The molecule has 0 aliphatic heterocycles. The Labute approximate surface area is 83.7 Å². The summed E-state index contributed by atoms with van der Waals surface area (Å²) in [5, 5.41) is 9.06. The third kappa shape index (κ3) is 1.71. The summed E-state index contributed by atoms with van der Waals surface area (Å²) in [6.45, 7) is 8.04. The summed E-state index contributed by atoms with van der Waals surface area (Å²) < 4.78 is 1.77. The third-order valence-electron chi connectivity index (χ3n) is 2.28. The summed E-state index contributed by atoms with van der Waals surface area (Å²) in [6.07, 6.45) is 2.45. The van der Waals surface area contributed by atoms with E-state index in [4.69, 9.17) is 5.11 Å². The SMILES string of the molecule is C=CCn1c(C)cc(CC)c1C(=O)O. The second kappa shape index (κ2) is 4.13. The van der Waals surface area contributed by atoms with Crippen LogP contribution in [0.5, 0.6) is 0 Å². The summed E-state index contributed by atoms with van der Waals surface area (Å²) in [5.74, 6) is -0.864. The van der Waals surface area contributed by atoms with Crippen molar-refractivity contribution in [2.24, 2.45) is 0 Å². The summed E-state index contributed by atoms with van der Waals surface area (Å²) in [7, 11) is 0. The molecule has 1 N–H and O–H groups in total. The first kappa shape index (κ1) is 10.6. The highest BCUT2D eigenvalue weighted by Gasteiger charge is 2.16. The van der Waals surface area contributed by atoms with Crippen molar-refractivity contribution in [3.8, 4) is 0 Å². The molecule has 1 heterocycles. The van der Waals surface area contributed by atoms with Crippen LogP contribution >= 0.6 is 0 Å². The number of aromatic carboxylic acids is 1. The van der Waals surface area contributed by atoms with E-state index in [0.717, 1.165) is 17.7 Å². The Balaban J connectivity index is 3.30. The van der Waals surface area contributed by atoms with Gasteiger partial charge in [0.05, 0.1) is 0 Å². The molecule has 0 atom stereocenters. The summed E-state index contributed by atoms with van der Waals surface area (Å²) in [6, 6.07) is 1.92. The predicted octanol–water partition coefficient (Wildman–Crippen LogP) is 2.24. The van der Waals surface area contributed by atoms with Crippen LogP contribution in [-0.4, -0.2) is 15.6 Å². The maximum Gasteiger partial charge on any atom is 0.352 e. The predicted molar refractivity (Wildman–Crippen MR) is 55.7 cm³/mol. The Morgan fingerprint density at radius 3 is 2.79 bits per heavy atom. The van der Waals surface area contributed by atoms with E-state index < -0.39 is 5.97 Å². The fourth-order valence-electron chi connectivity index (χ4n) is 1.63. The Morgan fingerprint density at radius 2 is 2.36 bits per heavy atom. The lowest BCUT2D eigenvalue weighted by atomic mass is 10.2. The molecule has 1 aromatic heterocycles. The second-order valence-corrected chi connectivity index (χ2v) is 3.22. The number of aromatic nitrogens is 1. The van der Waals surface area contributed by atoms with Crippen molar-refractivity contribution in [1.29, 1.82) is 0 Å². The van der Waals surface area contributed by atoms with Crippen LogP contribution in [0.2, 0.25) is 0 Å². The van der Waals surface area contributed by atoms with E-state index in [1.54, 1.807) is 10.6 Å². The molecule has 14 heavy (non-hydrogen) atoms. The minimum absolute atomic E-state index is 0.393. The van der Waals surface area contributed by atoms with Crippen LogP contribution in [0.25, 0.3) is 0 Å². The Kier molecular flexibility index (Phi) is 3.12. The lowest BCUT2D eigenvalue weighted by Crippen LogP contribution is -2.10. The molecule has 0 aromatic carbocycles. The number of rotatable bonds is 4. The molecule has 0 aliphatic carbocycles. The lowest BCUT2D eigenvalue weighted by molar-refractivity contribution is 0.0684. The molecular formula is C11H15NO2. The molecule has 3 nitrogen and oxygen atoms in total. The molecular weight excluding hydrogens is 178 g/mol. The van der Waals surface area contributed by atoms with Crippen LogP contribution in [0, 0.1) is 6.92 Å². The van der Waals surface area contributed by atoms with Crippen LogP contribution in [0.15, 0.2) is 18.7 Å². The van der Waals surface area contributed by atoms with Crippen LogP contribution in [0.3, 0.4) is 0 Å². The van der Waals surface area contributed by atoms with Crippen molar-refractivity contribution < 1.29 is 9.90 Å². The van der Waals surface area contributed by atoms with Crippen LogP contribution in [0.1, 0.15) is 28.7 Å². The van der Waals surface area contributed by atoms with Gasteiger partial charge in [0.15, 0.2) is 0 Å². The number of carboxylic acid groups (broad SMARTS) is 1. The van der Waals surface area contributed by atoms with Gasteiger partial charge < -0.3 is 9.67 Å². The standard InChI is InChI=1S/C11H15NO2/c1-4-6-12-8(3)7-9(5-2)10(12)11(13)14/h4,7H,1,5-6H2,2-3H3,(H,13,14). The van der Waals surface area contributed by atoms with Gasteiger partial charge in [-0.05, 0) is 25.0 Å². The van der Waals surface area contributed by atoms with Crippen molar-refractivity contribution in [2.45, 2.75) is 26.8 Å². The molecule has 0 aliphatic rings. The summed E-state index contributed by atoms with van der Waals surface area (Å²) in [4.78, 5) is 11.0. The summed E-state index contributed by atoms with van der Waals surface area (Å²) >= 11 is 0. The molecule has 0 spiro atoms. The van der Waals surface area contributed by atoms with Crippen molar-refractivity contribution in [1.82, 2.24) is 4.57 Å². The first-order valence-electron chi connectivity index (χ1n) is 4.65. The van der Waals surface area contributed by atoms with Gasteiger partial charge in [0.2, 0.25) is 0 Å². The van der Waals surface area contributed by atoms with Crippen molar-refractivity contribution in [3.63, 3.8) is 0 Å². The molecule has 0 amide bonds. The number of carbonyl (C=O) groups is 1. The Morgan fingerprint density at radius 1 is 1.71 bits per heavy atom. The van der Waals surface area contributed by atoms with E-state index in [1.165, 1.54) is 0 Å². The van der Waals surface area contributed by atoms with Crippen molar-refractivity contribution >= 4 is 5.97 Å². The minimum Gasteiger partial charge on any atom is -0.477 e. The highest BCUT2D eigenvalue weighted by Crippen LogP contribution is 2.16. The van der Waals surface area contributed by atoms with Gasteiger partial charge in [-0.2, -0.15) is 0 Å². The Hall–Kier alpha value is -1.51. The van der Waals surface area contributed by atoms with Gasteiger partial charge in [-0.15, -0.1) is 6.58 Å². The van der Waals surface area contributed by atoms with Crippen LogP contribution in [-0.2, 0) is 13.0 Å². The highest BCUT2D eigenvalue weighted by atomic mass is 16.4. The monoisotopic (exact) mass is 193 g/mol. The quantitative estimate of drug-likeness (QED) is 0.745. The molecule has 0 unspecified atom stereocenters. The number of hydrogen-bond acceptors (Lipinski definition) is 1. The molecule has 0 fully saturated rings. The molecule has 0 radical (unpaired) electrons. The number of nitrogens with zero attached hydrogens (tertiary/aromatic N) is 1. The fraction of sp³-hybridized carbons (Fsp3) is 0.364. The normalized spacial score (nSPS) is 10.1. The number of aryl methyl sites for hydroxylation is 2. The van der Waals surface area contributed by atoms with Gasteiger partial charge in [0.25, 0.3) is 0 Å². The largest absolute Gasteiger partial charge is 0.477 e. The van der Waals surface area contributed by atoms with Crippen molar-refractivity contribution in [2.75, 3.05) is 0 Å². The smallest absolute Gasteiger partial charge is 0.352 e. The van der Waals surface area contributed by atoms with E-state index in [2.05, 4.69) is 6.58 Å². The van der Waals surface area contributed by atoms with Gasteiger partial charge in [-0.1, -0.05) is 13.0 Å². The zero-order valence-corrected chi connectivity index (χ0v) is 8.58. The molecule has 3 heteroatoms. The molecule has 76 valence electrons. The molecule has 0 saturated carbocycles. The fourth-order valence-corrected chi connectivity index (χ4v) is 1.63. The molecule has 0 bridgehead atoms. The molecule has 1 rings (SSSR count). The minimum atomic E-state index is -0.864. The average molecular weight is 193 g/mol. The zero-order chi connectivity index (χ0) is 10.7. The highest BCUT2D eigenvalue weighted by molar-refractivity contribution is 5.88. The van der Waals surface area contributed by atoms with Gasteiger partial charge in [-0.3, -0.25) is 0 Å². The number of allylic oxidation sites excluding steroid dienone is 1. The Bertz CT molecular complexity index is 364. The van der Waals surface area contributed by atoms with E-state index in [-0.39, 0.29) is 0 Å². The zero-order valence-electron chi connectivity index (χ0n) is 8.58. The first-order chi connectivity index (χ1) is 6.61. The third-order valence-corrected chi connectivity index (χ3v) is 2.28. The summed E-state index contributed by atoms with van der Waals surface area (Å²) in [5.41, 5.74) is 2.25. The van der Waals surface area contributed by atoms with Gasteiger partial charge in [0, 0.05) is 12.2 Å². The van der Waals surface area contributed by atoms with Gasteiger partial charge >= 0.3 is 5.97 Å². The molecule has 0 saturated heterocycles. The first-order valence-corrected chi connectivity index (χ1v) is 4.65. The van der Waals surface area contributed by atoms with E-state index in [9.17, 15) is 4.79 Å². The number of hydrogen-bond donors (Lipinski definition) is 1. The van der Waals surface area contributed by atoms with Gasteiger partial charge in [-0.25, -0.2) is 4.79 Å². The van der Waals surface area contributed by atoms with E-state index in [1.807, 2.05) is 19.9 Å². The van der Waals surface area contributed by atoms with Crippen molar-refractivity contribution in [3.05, 3.63) is 35.7 Å². The maximum absolute atomic E-state index is 11.0. The van der Waals surface area contributed by atoms with E-state index >= 15 is 0 Å². The second-order valence-electron chi connectivity index (χ2n) is 3.22. The topological polar surface area (TPSA) is 42.2 Å². The van der Waals surface area contributed by atoms with Gasteiger partial charge in [0.1, 0.15) is 5.69 Å². The van der Waals surface area contributed by atoms with Crippen LogP contribution < -0.4 is 0 Å². The van der Waals surface area contributed by atoms with Crippen LogP contribution in [0.4, 0.5) is 0 Å². The lowest BCUT2D eigenvalue weighted by Gasteiger charge is -2.06. The number of carboxylic acids is 1.